The van der Waals surface area contributed by atoms with E-state index in [2.05, 4.69) is 25.3 Å². The molecule has 0 amide bonds. The van der Waals surface area contributed by atoms with E-state index >= 15 is 0 Å². The maximum absolute atomic E-state index is 7.18. The van der Waals surface area contributed by atoms with E-state index < -0.39 is 0 Å². The van der Waals surface area contributed by atoms with Crippen molar-refractivity contribution < 1.29 is 0 Å². The fourth-order valence-electron chi connectivity index (χ4n) is 0. The zero-order valence-corrected chi connectivity index (χ0v) is 8.97. The smallest absolute Gasteiger partial charge is 0.130 e. The molecule has 0 aromatic rings. The number of hydrogen-bond donors (Lipinski definition) is 2. The molecular formula is C2H2N2PbS2. The first-order chi connectivity index (χ1) is 2.83. The summed E-state index contributed by atoms with van der Waals surface area (Å²) in [6.45, 7) is 0. The first-order valence-electron chi connectivity index (χ1n) is 0.894. The summed E-state index contributed by atoms with van der Waals surface area (Å²) in [4.78, 5) is 0. The summed E-state index contributed by atoms with van der Waals surface area (Å²) in [6.07, 6.45) is 0. The van der Waals surface area contributed by atoms with Gasteiger partial charge in [-0.05, 0) is 0 Å². The standard InChI is InChI=1S/2CHNS.Pb/c2*2-1-3;/h2*3H;. The molecule has 36 valence electrons. The van der Waals surface area contributed by atoms with Gasteiger partial charge in [0.15, 0.2) is 0 Å². The van der Waals surface area contributed by atoms with Gasteiger partial charge in [0.25, 0.3) is 0 Å². The fraction of sp³-hybridized carbons (Fsp3) is 0. The van der Waals surface area contributed by atoms with Crippen molar-refractivity contribution in [1.29, 1.82) is 10.5 Å². The van der Waals surface area contributed by atoms with E-state index in [0.717, 1.165) is 0 Å². The summed E-state index contributed by atoms with van der Waals surface area (Å²) in [5, 5.41) is 17.3. The molecule has 2 nitrogen and oxygen atoms in total. The van der Waals surface area contributed by atoms with Gasteiger partial charge in [0, 0.05) is 27.3 Å². The summed E-state index contributed by atoms with van der Waals surface area (Å²) < 4.78 is 0. The summed E-state index contributed by atoms with van der Waals surface area (Å²) in [6, 6.07) is 0. The summed E-state index contributed by atoms with van der Waals surface area (Å²) in [5.41, 5.74) is 0. The number of thiol groups is 2. The van der Waals surface area contributed by atoms with Crippen LogP contribution in [0, 0.1) is 21.3 Å². The first kappa shape index (κ1) is 15.6. The maximum atomic E-state index is 7.18. The minimum atomic E-state index is 0. The third-order valence-corrected chi connectivity index (χ3v) is 0. The van der Waals surface area contributed by atoms with Gasteiger partial charge in [-0.15, -0.1) is 0 Å². The third kappa shape index (κ3) is 386. The van der Waals surface area contributed by atoms with Crippen LogP contribution in [0.3, 0.4) is 0 Å². The molecular weight excluding hydrogens is 323 g/mol. The van der Waals surface area contributed by atoms with Crippen molar-refractivity contribution >= 4 is 52.6 Å². The molecule has 0 spiro atoms. The van der Waals surface area contributed by atoms with E-state index in [0.29, 0.717) is 0 Å². The Kier molecular flexibility index (Phi) is 68.4. The van der Waals surface area contributed by atoms with E-state index in [1.54, 1.807) is 0 Å². The van der Waals surface area contributed by atoms with Crippen LogP contribution in [0.4, 0.5) is 0 Å². The summed E-state index contributed by atoms with van der Waals surface area (Å²) in [7, 11) is 0. The van der Waals surface area contributed by atoms with Gasteiger partial charge in [0.1, 0.15) is 10.8 Å². The zero-order chi connectivity index (χ0) is 5.41. The average Bonchev–Trinajstić information content (AvgIpc) is 1.39. The van der Waals surface area contributed by atoms with Gasteiger partial charge in [-0.2, -0.15) is 10.5 Å². The van der Waals surface area contributed by atoms with Crippen molar-refractivity contribution in [3.8, 4) is 10.8 Å². The topological polar surface area (TPSA) is 47.6 Å². The molecule has 7 heavy (non-hydrogen) atoms. The zero-order valence-electron chi connectivity index (χ0n) is 3.29. The van der Waals surface area contributed by atoms with E-state index in [1.807, 2.05) is 0 Å². The Morgan fingerprint density at radius 2 is 1.00 bits per heavy atom. The molecule has 0 rings (SSSR count). The minimum Gasteiger partial charge on any atom is -0.185 e. The Morgan fingerprint density at radius 3 is 1.00 bits per heavy atom. The largest absolute Gasteiger partial charge is 0.185 e. The van der Waals surface area contributed by atoms with Gasteiger partial charge >= 0.3 is 0 Å². The molecule has 0 saturated heterocycles. The monoisotopic (exact) mass is 326 g/mol. The van der Waals surface area contributed by atoms with Gasteiger partial charge in [-0.1, -0.05) is 25.3 Å². The minimum absolute atomic E-state index is 0. The van der Waals surface area contributed by atoms with Crippen molar-refractivity contribution in [3.63, 3.8) is 0 Å². The Morgan fingerprint density at radius 1 is 1.00 bits per heavy atom. The van der Waals surface area contributed by atoms with Crippen molar-refractivity contribution in [2.24, 2.45) is 0 Å². The van der Waals surface area contributed by atoms with Crippen LogP contribution in [0.2, 0.25) is 0 Å². The van der Waals surface area contributed by atoms with Crippen LogP contribution in [0.5, 0.6) is 0 Å². The first-order valence-corrected chi connectivity index (χ1v) is 1.79. The van der Waals surface area contributed by atoms with Crippen molar-refractivity contribution in [3.05, 3.63) is 0 Å². The third-order valence-electron chi connectivity index (χ3n) is 0. The van der Waals surface area contributed by atoms with Gasteiger partial charge in [-0.25, -0.2) is 0 Å². The molecule has 0 aromatic heterocycles. The second-order valence-electron chi connectivity index (χ2n) is 0.200. The van der Waals surface area contributed by atoms with Crippen LogP contribution in [-0.4, -0.2) is 27.3 Å². The normalized spacial score (nSPS) is 2.29. The van der Waals surface area contributed by atoms with Crippen LogP contribution in [0.25, 0.3) is 0 Å². The molecule has 0 aliphatic heterocycles. The molecule has 0 N–H and O–H groups in total. The molecule has 0 aliphatic rings. The Bertz CT molecular complexity index is 68.7. The number of nitrogens with zero attached hydrogens (tertiary/aromatic N) is 2. The molecule has 0 heterocycles. The molecule has 0 unspecified atom stereocenters. The summed E-state index contributed by atoms with van der Waals surface area (Å²) >= 11 is 6.19. The van der Waals surface area contributed by atoms with Gasteiger partial charge in [-0.3, -0.25) is 0 Å². The van der Waals surface area contributed by atoms with Crippen LogP contribution >= 0.6 is 25.3 Å². The van der Waals surface area contributed by atoms with E-state index in [1.165, 1.54) is 10.8 Å². The molecule has 0 aliphatic carbocycles. The predicted octanol–water partition coefficient (Wildman–Crippen LogP) is 0.414. The number of thiocyanates is 2. The number of rotatable bonds is 0. The Balaban J connectivity index is -0.0000000400. The molecule has 0 aromatic carbocycles. The van der Waals surface area contributed by atoms with Crippen LogP contribution in [0.1, 0.15) is 0 Å². The van der Waals surface area contributed by atoms with E-state index in [4.69, 9.17) is 10.5 Å². The molecule has 0 bridgehead atoms. The van der Waals surface area contributed by atoms with Crippen molar-refractivity contribution in [2.75, 3.05) is 0 Å². The molecule has 5 heteroatoms. The molecule has 0 atom stereocenters. The van der Waals surface area contributed by atoms with E-state index in [9.17, 15) is 0 Å². The van der Waals surface area contributed by atoms with Crippen LogP contribution in [0.15, 0.2) is 0 Å². The Hall–Kier alpha value is 0.602. The SMILES string of the molecule is N#CS.N#CS.[Pb]. The quantitative estimate of drug-likeness (QED) is 0.385. The number of hydrogen-bond acceptors (Lipinski definition) is 4. The second-order valence-corrected chi connectivity index (χ2v) is 0.600. The summed E-state index contributed by atoms with van der Waals surface area (Å²) in [5.74, 6) is 0. The van der Waals surface area contributed by atoms with E-state index in [-0.39, 0.29) is 27.3 Å². The van der Waals surface area contributed by atoms with Gasteiger partial charge < -0.3 is 0 Å². The number of nitriles is 2. The van der Waals surface area contributed by atoms with Crippen molar-refractivity contribution in [1.82, 2.24) is 0 Å². The van der Waals surface area contributed by atoms with Crippen molar-refractivity contribution in [2.45, 2.75) is 0 Å². The predicted molar refractivity (Wildman–Crippen MR) is 35.0 cm³/mol. The second kappa shape index (κ2) is 30.6. The molecule has 0 fully saturated rings. The van der Waals surface area contributed by atoms with Crippen LogP contribution < -0.4 is 0 Å². The Labute approximate surface area is 73.5 Å². The molecule has 0 saturated carbocycles. The molecule has 4 radical (unpaired) electrons. The average molecular weight is 325 g/mol. The maximum Gasteiger partial charge on any atom is 0.130 e. The van der Waals surface area contributed by atoms with Crippen LogP contribution in [-0.2, 0) is 0 Å². The van der Waals surface area contributed by atoms with Gasteiger partial charge in [0.05, 0.1) is 0 Å². The fourth-order valence-corrected chi connectivity index (χ4v) is 0. The van der Waals surface area contributed by atoms with Gasteiger partial charge in [0.2, 0.25) is 0 Å².